The number of fused-ring (bicyclic) bond motifs is 1. The van der Waals surface area contributed by atoms with E-state index in [9.17, 15) is 19.7 Å². The molecule has 0 aliphatic carbocycles. The molecule has 0 spiro atoms. The molecule has 1 aliphatic rings. The Bertz CT molecular complexity index is 1020. The summed E-state index contributed by atoms with van der Waals surface area (Å²) < 4.78 is 1.74. The third kappa shape index (κ3) is 2.95. The molecule has 0 bridgehead atoms. The highest BCUT2D eigenvalue weighted by molar-refractivity contribution is 8.02. The number of benzene rings is 2. The molecule has 26 heavy (non-hydrogen) atoms. The SMILES string of the molecule is O=C1C[C@H](Sc2nc3ccccc3s2)C(=O)N1c1cccc([N+](=O)[O-])c1. The Morgan fingerprint density at radius 1 is 1.19 bits per heavy atom. The maximum atomic E-state index is 12.7. The zero-order chi connectivity index (χ0) is 18.3. The van der Waals surface area contributed by atoms with Gasteiger partial charge in [0.05, 0.1) is 20.8 Å². The highest BCUT2D eigenvalue weighted by Gasteiger charge is 2.41. The molecule has 0 N–H and O–H groups in total. The van der Waals surface area contributed by atoms with Crippen LogP contribution in [0.3, 0.4) is 0 Å². The molecular weight excluding hydrogens is 374 g/mol. The summed E-state index contributed by atoms with van der Waals surface area (Å²) in [5, 5.41) is 10.3. The number of amides is 2. The lowest BCUT2D eigenvalue weighted by Gasteiger charge is -2.14. The Morgan fingerprint density at radius 3 is 2.77 bits per heavy atom. The van der Waals surface area contributed by atoms with Crippen molar-refractivity contribution in [3.63, 3.8) is 0 Å². The fraction of sp³-hybridized carbons (Fsp3) is 0.118. The molecule has 130 valence electrons. The Balaban J connectivity index is 1.59. The molecule has 4 rings (SSSR count). The molecule has 0 radical (unpaired) electrons. The first kappa shape index (κ1) is 16.7. The molecule has 1 aliphatic heterocycles. The fourth-order valence-electron chi connectivity index (χ4n) is 2.74. The molecule has 2 aromatic carbocycles. The molecule has 7 nitrogen and oxygen atoms in total. The van der Waals surface area contributed by atoms with Gasteiger partial charge in [-0.25, -0.2) is 9.88 Å². The van der Waals surface area contributed by atoms with E-state index in [0.717, 1.165) is 19.5 Å². The predicted molar refractivity (Wildman–Crippen MR) is 99.5 cm³/mol. The molecule has 1 fully saturated rings. The first-order valence-electron chi connectivity index (χ1n) is 7.66. The molecule has 0 saturated carbocycles. The Morgan fingerprint density at radius 2 is 2.00 bits per heavy atom. The number of carbonyl (C=O) groups excluding carboxylic acids is 2. The van der Waals surface area contributed by atoms with Gasteiger partial charge in [0.1, 0.15) is 5.25 Å². The van der Waals surface area contributed by atoms with Gasteiger partial charge < -0.3 is 0 Å². The zero-order valence-corrected chi connectivity index (χ0v) is 14.8. The number of non-ortho nitro benzene ring substituents is 1. The van der Waals surface area contributed by atoms with Crippen molar-refractivity contribution in [1.82, 2.24) is 4.98 Å². The normalized spacial score (nSPS) is 17.2. The van der Waals surface area contributed by atoms with Gasteiger partial charge in [0, 0.05) is 18.6 Å². The number of aromatic nitrogens is 1. The fourth-order valence-corrected chi connectivity index (χ4v) is 5.07. The quantitative estimate of drug-likeness (QED) is 0.387. The van der Waals surface area contributed by atoms with Crippen molar-refractivity contribution in [1.29, 1.82) is 0 Å². The minimum atomic E-state index is -0.581. The van der Waals surface area contributed by atoms with Crippen LogP contribution in [0.5, 0.6) is 0 Å². The van der Waals surface area contributed by atoms with E-state index in [-0.39, 0.29) is 29.6 Å². The summed E-state index contributed by atoms with van der Waals surface area (Å²) in [6.45, 7) is 0. The summed E-state index contributed by atoms with van der Waals surface area (Å²) in [7, 11) is 0. The van der Waals surface area contributed by atoms with Crippen molar-refractivity contribution < 1.29 is 14.5 Å². The number of anilines is 1. The van der Waals surface area contributed by atoms with E-state index in [2.05, 4.69) is 4.98 Å². The number of para-hydroxylation sites is 1. The van der Waals surface area contributed by atoms with Crippen molar-refractivity contribution in [3.05, 3.63) is 58.6 Å². The van der Waals surface area contributed by atoms with Crippen LogP contribution >= 0.6 is 23.1 Å². The van der Waals surface area contributed by atoms with E-state index in [1.54, 1.807) is 0 Å². The molecular formula is C17H11N3O4S2. The predicted octanol–water partition coefficient (Wildman–Crippen LogP) is 3.63. The second-order valence-corrected chi connectivity index (χ2v) is 8.08. The summed E-state index contributed by atoms with van der Waals surface area (Å²) in [6.07, 6.45) is 0.0438. The van der Waals surface area contributed by atoms with Crippen LogP contribution in [0.4, 0.5) is 11.4 Å². The average Bonchev–Trinajstić information content (AvgIpc) is 3.15. The van der Waals surface area contributed by atoms with Crippen LogP contribution in [0.1, 0.15) is 6.42 Å². The van der Waals surface area contributed by atoms with E-state index in [4.69, 9.17) is 0 Å². The van der Waals surface area contributed by atoms with Crippen LogP contribution in [0.15, 0.2) is 52.9 Å². The highest BCUT2D eigenvalue weighted by Crippen LogP contribution is 2.37. The van der Waals surface area contributed by atoms with Crippen LogP contribution in [0.25, 0.3) is 10.2 Å². The third-order valence-electron chi connectivity index (χ3n) is 3.92. The molecule has 2 amide bonds. The van der Waals surface area contributed by atoms with Crippen molar-refractivity contribution in [3.8, 4) is 0 Å². The van der Waals surface area contributed by atoms with E-state index >= 15 is 0 Å². The van der Waals surface area contributed by atoms with Crippen LogP contribution in [0.2, 0.25) is 0 Å². The first-order chi connectivity index (χ1) is 12.5. The maximum absolute atomic E-state index is 12.7. The van der Waals surface area contributed by atoms with Crippen LogP contribution in [-0.2, 0) is 9.59 Å². The number of thioether (sulfide) groups is 1. The summed E-state index contributed by atoms with van der Waals surface area (Å²) in [6, 6.07) is 13.2. The zero-order valence-electron chi connectivity index (χ0n) is 13.2. The van der Waals surface area contributed by atoms with Crippen LogP contribution < -0.4 is 4.90 Å². The average molecular weight is 385 g/mol. The van der Waals surface area contributed by atoms with Gasteiger partial charge >= 0.3 is 0 Å². The largest absolute Gasteiger partial charge is 0.274 e. The number of hydrogen-bond acceptors (Lipinski definition) is 7. The molecule has 9 heteroatoms. The molecule has 0 unspecified atom stereocenters. The molecule has 2 heterocycles. The van der Waals surface area contributed by atoms with Gasteiger partial charge in [-0.15, -0.1) is 11.3 Å². The second kappa shape index (κ2) is 6.50. The van der Waals surface area contributed by atoms with E-state index in [1.807, 2.05) is 24.3 Å². The summed E-state index contributed by atoms with van der Waals surface area (Å²) in [4.78, 5) is 40.9. The highest BCUT2D eigenvalue weighted by atomic mass is 32.2. The topological polar surface area (TPSA) is 93.4 Å². The second-order valence-electron chi connectivity index (χ2n) is 5.60. The van der Waals surface area contributed by atoms with Crippen molar-refractivity contribution in [2.24, 2.45) is 0 Å². The Labute approximate surface area is 155 Å². The lowest BCUT2D eigenvalue weighted by molar-refractivity contribution is -0.384. The lowest BCUT2D eigenvalue weighted by atomic mass is 10.2. The standard InChI is InChI=1S/C17H11N3O4S2/c21-15-9-14(26-17-18-12-6-1-2-7-13(12)25-17)16(22)19(15)10-4-3-5-11(8-10)20(23)24/h1-8,14H,9H2/t14-/m0/s1. The van der Waals surface area contributed by atoms with Crippen molar-refractivity contribution in [2.75, 3.05) is 4.90 Å². The maximum Gasteiger partial charge on any atom is 0.271 e. The molecule has 1 saturated heterocycles. The van der Waals surface area contributed by atoms with Crippen LogP contribution in [-0.4, -0.2) is 27.0 Å². The molecule has 1 aromatic heterocycles. The minimum Gasteiger partial charge on any atom is -0.274 e. The van der Waals surface area contributed by atoms with Gasteiger partial charge in [0.2, 0.25) is 11.8 Å². The van der Waals surface area contributed by atoms with E-state index in [1.165, 1.54) is 47.4 Å². The van der Waals surface area contributed by atoms with Gasteiger partial charge in [-0.1, -0.05) is 30.0 Å². The first-order valence-corrected chi connectivity index (χ1v) is 9.36. The van der Waals surface area contributed by atoms with E-state index in [0.29, 0.717) is 0 Å². The molecule has 3 aromatic rings. The monoisotopic (exact) mass is 385 g/mol. The minimum absolute atomic E-state index is 0.0438. The number of hydrogen-bond donors (Lipinski definition) is 0. The summed E-state index contributed by atoms with van der Waals surface area (Å²) in [5.41, 5.74) is 0.916. The number of imide groups is 1. The number of thiazole rings is 1. The number of nitrogens with zero attached hydrogens (tertiary/aromatic N) is 3. The number of rotatable bonds is 4. The smallest absolute Gasteiger partial charge is 0.271 e. The molecule has 1 atom stereocenters. The van der Waals surface area contributed by atoms with Gasteiger partial charge in [-0.3, -0.25) is 19.7 Å². The van der Waals surface area contributed by atoms with Crippen molar-refractivity contribution in [2.45, 2.75) is 16.0 Å². The Hall–Kier alpha value is -2.78. The van der Waals surface area contributed by atoms with Crippen molar-refractivity contribution >= 4 is 56.5 Å². The van der Waals surface area contributed by atoms with Gasteiger partial charge in [-0.2, -0.15) is 0 Å². The van der Waals surface area contributed by atoms with Gasteiger partial charge in [-0.05, 0) is 18.2 Å². The number of nitro groups is 1. The lowest BCUT2D eigenvalue weighted by Crippen LogP contribution is -2.31. The number of carbonyl (C=O) groups is 2. The summed E-state index contributed by atoms with van der Waals surface area (Å²) in [5.74, 6) is -0.742. The third-order valence-corrected chi connectivity index (χ3v) is 6.24. The Kier molecular flexibility index (Phi) is 4.17. The van der Waals surface area contributed by atoms with E-state index < -0.39 is 10.2 Å². The summed E-state index contributed by atoms with van der Waals surface area (Å²) >= 11 is 2.73. The number of nitro benzene ring substituents is 1. The van der Waals surface area contributed by atoms with Crippen LogP contribution in [0, 0.1) is 10.1 Å². The van der Waals surface area contributed by atoms with Gasteiger partial charge in [0.15, 0.2) is 4.34 Å². The van der Waals surface area contributed by atoms with Gasteiger partial charge in [0.25, 0.3) is 5.69 Å².